The number of hydrogen-bond donors (Lipinski definition) is 2. The molecule has 0 aromatic heterocycles. The summed E-state index contributed by atoms with van der Waals surface area (Å²) in [7, 11) is 1.23. The molecule has 0 radical (unpaired) electrons. The first-order chi connectivity index (χ1) is 13.2. The van der Waals surface area contributed by atoms with Gasteiger partial charge in [0.15, 0.2) is 0 Å². The van der Waals surface area contributed by atoms with Crippen molar-refractivity contribution in [1.29, 1.82) is 0 Å². The fourth-order valence-corrected chi connectivity index (χ4v) is 3.29. The predicted octanol–water partition coefficient (Wildman–Crippen LogP) is 4.21. The summed E-state index contributed by atoms with van der Waals surface area (Å²) in [4.78, 5) is 26.5. The van der Waals surface area contributed by atoms with Crippen LogP contribution in [0.5, 0.6) is 5.75 Å². The van der Waals surface area contributed by atoms with E-state index in [9.17, 15) is 19.1 Å². The van der Waals surface area contributed by atoms with Crippen LogP contribution < -0.4 is 10.2 Å². The molecule has 0 saturated heterocycles. The minimum atomic E-state index is -0.843. The third kappa shape index (κ3) is 3.41. The number of hydrogen-bond acceptors (Lipinski definition) is 4. The van der Waals surface area contributed by atoms with E-state index in [-0.39, 0.29) is 22.0 Å². The monoisotopic (exact) mass is 404 g/mol. The van der Waals surface area contributed by atoms with Crippen LogP contribution in [0.25, 0.3) is 0 Å². The van der Waals surface area contributed by atoms with Crippen LogP contribution in [-0.4, -0.2) is 24.2 Å². The molecule has 0 aliphatic carbocycles. The second kappa shape index (κ2) is 7.52. The van der Waals surface area contributed by atoms with Crippen molar-refractivity contribution in [3.8, 4) is 5.75 Å². The van der Waals surface area contributed by atoms with Crippen molar-refractivity contribution in [2.24, 2.45) is 0 Å². The van der Waals surface area contributed by atoms with Gasteiger partial charge in [0, 0.05) is 5.70 Å². The first-order valence-electron chi connectivity index (χ1n) is 8.39. The molecular weight excluding hydrogens is 387 g/mol. The largest absolute Gasteiger partial charge is 0.506 e. The van der Waals surface area contributed by atoms with Crippen LogP contribution in [0.15, 0.2) is 47.7 Å². The molecule has 1 heterocycles. The van der Waals surface area contributed by atoms with Crippen molar-refractivity contribution in [2.45, 2.75) is 19.9 Å². The number of nitrogens with zero attached hydrogens (tertiary/aromatic N) is 1. The highest BCUT2D eigenvalue weighted by Crippen LogP contribution is 2.36. The molecule has 0 spiro atoms. The van der Waals surface area contributed by atoms with Crippen LogP contribution in [0.2, 0.25) is 5.02 Å². The van der Waals surface area contributed by atoms with Crippen molar-refractivity contribution < 1.29 is 23.8 Å². The topological polar surface area (TPSA) is 78.9 Å². The van der Waals surface area contributed by atoms with Gasteiger partial charge in [-0.2, -0.15) is 0 Å². The van der Waals surface area contributed by atoms with Crippen molar-refractivity contribution in [2.75, 3.05) is 12.0 Å². The number of benzene rings is 2. The smallest absolute Gasteiger partial charge is 0.337 e. The number of nitrogens with one attached hydrogen (secondary N) is 1. The number of anilines is 1. The van der Waals surface area contributed by atoms with Crippen molar-refractivity contribution >= 4 is 29.3 Å². The molecular formula is C20H18ClFN2O4. The van der Waals surface area contributed by atoms with Crippen LogP contribution in [0.1, 0.15) is 24.1 Å². The molecule has 8 heteroatoms. The van der Waals surface area contributed by atoms with Gasteiger partial charge in [-0.25, -0.2) is 14.0 Å². The van der Waals surface area contributed by atoms with Crippen molar-refractivity contribution in [3.63, 3.8) is 0 Å². The van der Waals surface area contributed by atoms with Gasteiger partial charge in [0.25, 0.3) is 0 Å². The normalized spacial score (nSPS) is 16.8. The molecule has 146 valence electrons. The maximum absolute atomic E-state index is 14.0. The van der Waals surface area contributed by atoms with E-state index in [0.717, 1.165) is 0 Å². The zero-order valence-electron chi connectivity index (χ0n) is 15.4. The summed E-state index contributed by atoms with van der Waals surface area (Å²) >= 11 is 5.98. The lowest BCUT2D eigenvalue weighted by Crippen LogP contribution is -2.48. The molecule has 2 amide bonds. The van der Waals surface area contributed by atoms with Crippen LogP contribution in [0, 0.1) is 12.7 Å². The first-order valence-corrected chi connectivity index (χ1v) is 8.76. The fraction of sp³-hybridized carbons (Fsp3) is 0.200. The highest BCUT2D eigenvalue weighted by Gasteiger charge is 2.37. The molecule has 28 heavy (non-hydrogen) atoms. The number of aromatic hydroxyl groups is 1. The average molecular weight is 405 g/mol. The second-order valence-corrected chi connectivity index (χ2v) is 6.76. The Morgan fingerprint density at radius 3 is 2.57 bits per heavy atom. The molecule has 1 aliphatic heterocycles. The molecule has 2 N–H and O–H groups in total. The third-order valence-corrected chi connectivity index (χ3v) is 4.91. The van der Waals surface area contributed by atoms with Gasteiger partial charge >= 0.3 is 12.0 Å². The SMILES string of the molecule is COC(=O)C1=C(C)N(c2ccc(C)c(F)c2)C(=O)N[C@H]1c1ccc(O)c(Cl)c1. The number of urea groups is 1. The zero-order valence-corrected chi connectivity index (χ0v) is 16.2. The Labute approximate surface area is 166 Å². The summed E-state index contributed by atoms with van der Waals surface area (Å²) in [5.41, 5.74) is 1.68. The molecule has 0 unspecified atom stereocenters. The van der Waals surface area contributed by atoms with Crippen LogP contribution in [-0.2, 0) is 9.53 Å². The summed E-state index contributed by atoms with van der Waals surface area (Å²) in [6.45, 7) is 3.19. The summed E-state index contributed by atoms with van der Waals surface area (Å²) in [6.07, 6.45) is 0. The highest BCUT2D eigenvalue weighted by molar-refractivity contribution is 6.32. The molecule has 0 bridgehead atoms. The number of methoxy groups -OCH3 is 1. The van der Waals surface area contributed by atoms with E-state index < -0.39 is 23.9 Å². The molecule has 0 saturated carbocycles. The summed E-state index contributed by atoms with van der Waals surface area (Å²) in [5, 5.41) is 12.4. The van der Waals surface area contributed by atoms with E-state index in [1.807, 2.05) is 0 Å². The molecule has 2 aromatic carbocycles. The number of rotatable bonds is 3. The molecule has 0 fully saturated rings. The summed E-state index contributed by atoms with van der Waals surface area (Å²) in [5.74, 6) is -1.24. The van der Waals surface area contributed by atoms with Crippen LogP contribution in [0.3, 0.4) is 0 Å². The second-order valence-electron chi connectivity index (χ2n) is 6.35. The number of halogens is 2. The predicted molar refractivity (Wildman–Crippen MR) is 103 cm³/mol. The van der Waals surface area contributed by atoms with Gasteiger partial charge in [0.2, 0.25) is 0 Å². The van der Waals surface area contributed by atoms with Gasteiger partial charge in [-0.3, -0.25) is 4.90 Å². The van der Waals surface area contributed by atoms with Gasteiger partial charge in [0.1, 0.15) is 11.6 Å². The third-order valence-electron chi connectivity index (χ3n) is 4.61. The van der Waals surface area contributed by atoms with Crippen LogP contribution >= 0.6 is 11.6 Å². The number of allylic oxidation sites excluding steroid dienone is 1. The minimum Gasteiger partial charge on any atom is -0.506 e. The Kier molecular flexibility index (Phi) is 5.29. The Morgan fingerprint density at radius 2 is 1.96 bits per heavy atom. The number of amides is 2. The van der Waals surface area contributed by atoms with E-state index in [4.69, 9.17) is 16.3 Å². The van der Waals surface area contributed by atoms with E-state index >= 15 is 0 Å². The van der Waals surface area contributed by atoms with Gasteiger partial charge in [0.05, 0.1) is 29.4 Å². The lowest BCUT2D eigenvalue weighted by atomic mass is 9.94. The van der Waals surface area contributed by atoms with Gasteiger partial charge < -0.3 is 15.2 Å². The number of phenolic OH excluding ortho intramolecular Hbond substituents is 1. The number of esters is 1. The average Bonchev–Trinajstić information content (AvgIpc) is 2.65. The maximum Gasteiger partial charge on any atom is 0.337 e. The Hall–Kier alpha value is -3.06. The van der Waals surface area contributed by atoms with Gasteiger partial charge in [-0.1, -0.05) is 23.7 Å². The molecule has 3 rings (SSSR count). The Morgan fingerprint density at radius 1 is 1.25 bits per heavy atom. The number of carbonyl (C=O) groups is 2. The van der Waals surface area contributed by atoms with E-state index in [2.05, 4.69) is 5.32 Å². The summed E-state index contributed by atoms with van der Waals surface area (Å²) < 4.78 is 18.9. The molecule has 6 nitrogen and oxygen atoms in total. The minimum absolute atomic E-state index is 0.0802. The number of phenols is 1. The lowest BCUT2D eigenvalue weighted by Gasteiger charge is -2.35. The van der Waals surface area contributed by atoms with Gasteiger partial charge in [-0.05, 0) is 49.2 Å². The maximum atomic E-state index is 14.0. The number of ether oxygens (including phenoxy) is 1. The number of carbonyl (C=O) groups excluding carboxylic acids is 2. The highest BCUT2D eigenvalue weighted by atomic mass is 35.5. The zero-order chi connectivity index (χ0) is 20.6. The van der Waals surface area contributed by atoms with Crippen LogP contribution in [0.4, 0.5) is 14.9 Å². The Balaban J connectivity index is 2.16. The fourth-order valence-electron chi connectivity index (χ4n) is 3.10. The molecule has 2 aromatic rings. The quantitative estimate of drug-likeness (QED) is 0.751. The molecule has 1 aliphatic rings. The van der Waals surface area contributed by atoms with Gasteiger partial charge in [-0.15, -0.1) is 0 Å². The summed E-state index contributed by atoms with van der Waals surface area (Å²) in [6, 6.07) is 7.36. The van der Waals surface area contributed by atoms with Crippen molar-refractivity contribution in [1.82, 2.24) is 5.32 Å². The number of aryl methyl sites for hydroxylation is 1. The van der Waals surface area contributed by atoms with Crippen molar-refractivity contribution in [3.05, 3.63) is 69.6 Å². The van der Waals surface area contributed by atoms with E-state index in [0.29, 0.717) is 16.8 Å². The van der Waals surface area contributed by atoms with E-state index in [1.54, 1.807) is 32.0 Å². The Bertz CT molecular complexity index is 1010. The first kappa shape index (κ1) is 19.7. The molecule has 1 atom stereocenters. The standard InChI is InChI=1S/C20H18ClFN2O4/c1-10-4-6-13(9-15(10)22)24-11(2)17(19(26)28-3)18(23-20(24)27)12-5-7-16(25)14(21)8-12/h4-9,18,25H,1-3H3,(H,23,27)/t18-/m0/s1. The lowest BCUT2D eigenvalue weighted by molar-refractivity contribution is -0.136. The van der Waals surface area contributed by atoms with E-state index in [1.165, 1.54) is 30.2 Å².